The first-order valence-corrected chi connectivity index (χ1v) is 11.5. The molecular weight excluding hydrogens is 459 g/mol. The zero-order valence-electron chi connectivity index (χ0n) is 18.5. The lowest BCUT2D eigenvalue weighted by atomic mass is 10.0. The molecule has 1 saturated heterocycles. The Kier molecular flexibility index (Phi) is 8.23. The number of nitrogens with zero attached hydrogens (tertiary/aromatic N) is 3. The van der Waals surface area contributed by atoms with Crippen molar-refractivity contribution in [3.63, 3.8) is 0 Å². The fraction of sp³-hybridized carbons (Fsp3) is 0.320. The molecule has 1 N–H and O–H groups in total. The van der Waals surface area contributed by atoms with Crippen molar-refractivity contribution in [1.29, 1.82) is 0 Å². The zero-order chi connectivity index (χ0) is 20.5. The zero-order valence-corrected chi connectivity index (χ0v) is 20.9. The van der Waals surface area contributed by atoms with Crippen molar-refractivity contribution in [3.8, 4) is 0 Å². The number of hydrogen-bond donors (Lipinski definition) is 1. The van der Waals surface area contributed by atoms with Gasteiger partial charge in [-0.05, 0) is 50.6 Å². The molecule has 0 spiro atoms. The van der Waals surface area contributed by atoms with Gasteiger partial charge >= 0.3 is 0 Å². The number of hydrogen-bond acceptors (Lipinski definition) is 5. The van der Waals surface area contributed by atoms with Gasteiger partial charge in [0.05, 0.1) is 16.9 Å². The number of amidine groups is 1. The van der Waals surface area contributed by atoms with Gasteiger partial charge in [0.15, 0.2) is 0 Å². The fourth-order valence-electron chi connectivity index (χ4n) is 4.42. The van der Waals surface area contributed by atoms with Crippen LogP contribution >= 0.6 is 36.2 Å². The maximum Gasteiger partial charge on any atom is 0.139 e. The van der Waals surface area contributed by atoms with Gasteiger partial charge in [-0.3, -0.25) is 4.90 Å². The van der Waals surface area contributed by atoms with E-state index < -0.39 is 0 Å². The molecule has 3 aromatic rings. The van der Waals surface area contributed by atoms with Crippen LogP contribution in [-0.4, -0.2) is 48.4 Å². The van der Waals surface area contributed by atoms with E-state index in [1.807, 2.05) is 11.3 Å². The van der Waals surface area contributed by atoms with Crippen LogP contribution in [0.15, 0.2) is 65.7 Å². The molecule has 2 aliphatic heterocycles. The normalized spacial score (nSPS) is 17.6. The molecule has 0 saturated carbocycles. The lowest BCUT2D eigenvalue weighted by molar-refractivity contribution is 0.134. The molecule has 0 bridgehead atoms. The quantitative estimate of drug-likeness (QED) is 0.470. The number of rotatable bonds is 3. The number of aryl methyl sites for hydroxylation is 2. The first kappa shape index (κ1) is 24.6. The largest absolute Gasteiger partial charge is 0.353 e. The number of likely N-dealkylation sites (N-methyl/N-ethyl adjacent to an activating group) is 1. The molecule has 2 aromatic carbocycles. The van der Waals surface area contributed by atoms with E-state index in [0.717, 1.165) is 49.7 Å². The molecule has 0 aliphatic carbocycles. The first-order valence-electron chi connectivity index (χ1n) is 10.7. The Morgan fingerprint density at radius 2 is 1.78 bits per heavy atom. The molecule has 1 unspecified atom stereocenters. The molecule has 32 heavy (non-hydrogen) atoms. The standard InChI is InChI=1S/C25H28N4S.2ClH/c1-18-16-21-24(26-22-10-6-7-11-23(22)27-25(21)30-18)29-15-14-28(2)20(17-29)13-12-19-8-4-3-5-9-19;;/h3-11,16,20,27H,12-15,17H2,1-2H3;2*1H. The number of halogens is 2. The molecule has 1 fully saturated rings. The summed E-state index contributed by atoms with van der Waals surface area (Å²) in [5.41, 5.74) is 4.77. The number of thiophene rings is 1. The van der Waals surface area contributed by atoms with E-state index in [1.165, 1.54) is 21.0 Å². The summed E-state index contributed by atoms with van der Waals surface area (Å²) in [6.07, 6.45) is 2.28. The summed E-state index contributed by atoms with van der Waals surface area (Å²) in [6.45, 7) is 5.26. The van der Waals surface area contributed by atoms with E-state index in [0.29, 0.717) is 6.04 Å². The van der Waals surface area contributed by atoms with E-state index in [1.54, 1.807) is 0 Å². The lowest BCUT2D eigenvalue weighted by Gasteiger charge is -2.41. The van der Waals surface area contributed by atoms with Gasteiger partial charge in [-0.25, -0.2) is 4.99 Å². The summed E-state index contributed by atoms with van der Waals surface area (Å²) in [7, 11) is 2.26. The average molecular weight is 490 g/mol. The van der Waals surface area contributed by atoms with Crippen LogP contribution in [-0.2, 0) is 6.42 Å². The Labute approximate surface area is 207 Å². The maximum absolute atomic E-state index is 5.16. The number of piperazine rings is 1. The molecule has 4 nitrogen and oxygen atoms in total. The van der Waals surface area contributed by atoms with Gasteiger partial charge in [-0.1, -0.05) is 42.5 Å². The molecule has 0 radical (unpaired) electrons. The first-order chi connectivity index (χ1) is 14.7. The molecular formula is C25H30Cl2N4S. The van der Waals surface area contributed by atoms with Gasteiger partial charge in [0.2, 0.25) is 0 Å². The van der Waals surface area contributed by atoms with Crippen LogP contribution in [0.5, 0.6) is 0 Å². The Hall–Kier alpha value is -2.05. The third-order valence-corrected chi connectivity index (χ3v) is 7.13. The summed E-state index contributed by atoms with van der Waals surface area (Å²) in [4.78, 5) is 11.5. The third-order valence-electron chi connectivity index (χ3n) is 6.16. The summed E-state index contributed by atoms with van der Waals surface area (Å²) in [5.74, 6) is 1.12. The minimum Gasteiger partial charge on any atom is -0.353 e. The predicted octanol–water partition coefficient (Wildman–Crippen LogP) is 6.28. The second kappa shape index (κ2) is 10.7. The molecule has 2 aliphatic rings. The molecule has 7 heteroatoms. The minimum absolute atomic E-state index is 0. The summed E-state index contributed by atoms with van der Waals surface area (Å²) >= 11 is 1.81. The molecule has 5 rings (SSSR count). The van der Waals surface area contributed by atoms with E-state index in [4.69, 9.17) is 4.99 Å². The lowest BCUT2D eigenvalue weighted by Crippen LogP contribution is -2.53. The predicted molar refractivity (Wildman–Crippen MR) is 142 cm³/mol. The van der Waals surface area contributed by atoms with E-state index in [9.17, 15) is 0 Å². The second-order valence-corrected chi connectivity index (χ2v) is 9.54. The second-order valence-electron chi connectivity index (χ2n) is 8.28. The highest BCUT2D eigenvalue weighted by Gasteiger charge is 2.29. The molecule has 1 atom stereocenters. The smallest absolute Gasteiger partial charge is 0.139 e. The molecule has 0 amide bonds. The average Bonchev–Trinajstić information content (AvgIpc) is 3.05. The number of benzene rings is 2. The van der Waals surface area contributed by atoms with Crippen LogP contribution in [0.25, 0.3) is 0 Å². The van der Waals surface area contributed by atoms with Crippen molar-refractivity contribution in [2.75, 3.05) is 32.0 Å². The van der Waals surface area contributed by atoms with Crippen molar-refractivity contribution in [2.45, 2.75) is 25.8 Å². The van der Waals surface area contributed by atoms with Crippen LogP contribution in [0.2, 0.25) is 0 Å². The number of anilines is 2. The minimum atomic E-state index is 0. The van der Waals surface area contributed by atoms with E-state index in [-0.39, 0.29) is 24.8 Å². The van der Waals surface area contributed by atoms with Crippen LogP contribution in [0.1, 0.15) is 22.4 Å². The molecule has 3 heterocycles. The Morgan fingerprint density at radius 3 is 2.59 bits per heavy atom. The topological polar surface area (TPSA) is 30.9 Å². The van der Waals surface area contributed by atoms with E-state index in [2.05, 4.69) is 89.8 Å². The van der Waals surface area contributed by atoms with Gasteiger partial charge in [0, 0.05) is 30.6 Å². The van der Waals surface area contributed by atoms with Crippen molar-refractivity contribution in [2.24, 2.45) is 4.99 Å². The van der Waals surface area contributed by atoms with Crippen LogP contribution in [0, 0.1) is 6.92 Å². The van der Waals surface area contributed by atoms with Gasteiger partial charge in [-0.15, -0.1) is 36.2 Å². The van der Waals surface area contributed by atoms with Crippen LogP contribution in [0.3, 0.4) is 0 Å². The van der Waals surface area contributed by atoms with Crippen molar-refractivity contribution >= 4 is 58.4 Å². The van der Waals surface area contributed by atoms with Crippen molar-refractivity contribution in [3.05, 3.63) is 76.7 Å². The highest BCUT2D eigenvalue weighted by molar-refractivity contribution is 7.16. The Balaban J connectivity index is 0.00000144. The molecule has 1 aromatic heterocycles. The summed E-state index contributed by atoms with van der Waals surface area (Å²) < 4.78 is 0. The Bertz CT molecular complexity index is 1070. The summed E-state index contributed by atoms with van der Waals surface area (Å²) in [6, 6.07) is 22.0. The summed E-state index contributed by atoms with van der Waals surface area (Å²) in [5, 5.41) is 4.83. The third kappa shape index (κ3) is 5.12. The van der Waals surface area contributed by atoms with Gasteiger partial charge in [0.1, 0.15) is 10.8 Å². The van der Waals surface area contributed by atoms with Crippen molar-refractivity contribution < 1.29 is 0 Å². The highest BCUT2D eigenvalue weighted by Crippen LogP contribution is 2.39. The number of para-hydroxylation sites is 2. The van der Waals surface area contributed by atoms with E-state index >= 15 is 0 Å². The number of aliphatic imine (C=N–C) groups is 1. The Morgan fingerprint density at radius 1 is 1.03 bits per heavy atom. The fourth-order valence-corrected chi connectivity index (χ4v) is 5.34. The van der Waals surface area contributed by atoms with Gasteiger partial charge in [0.25, 0.3) is 0 Å². The van der Waals surface area contributed by atoms with Gasteiger partial charge < -0.3 is 10.2 Å². The monoisotopic (exact) mass is 488 g/mol. The molecule has 170 valence electrons. The highest BCUT2D eigenvalue weighted by atomic mass is 35.5. The number of fused-ring (bicyclic) bond motifs is 2. The van der Waals surface area contributed by atoms with Crippen LogP contribution in [0.4, 0.5) is 16.4 Å². The SMILES string of the molecule is Cc1cc2c(s1)Nc1ccccc1N=C2N1CCN(C)C(CCc2ccccc2)C1.Cl.Cl. The maximum atomic E-state index is 5.16. The number of nitrogens with one attached hydrogen (secondary N) is 1. The van der Waals surface area contributed by atoms with Gasteiger partial charge in [-0.2, -0.15) is 0 Å². The van der Waals surface area contributed by atoms with Crippen molar-refractivity contribution in [1.82, 2.24) is 9.80 Å². The van der Waals surface area contributed by atoms with Crippen LogP contribution < -0.4 is 5.32 Å².